The van der Waals surface area contributed by atoms with Gasteiger partial charge in [-0.2, -0.15) is 0 Å². The van der Waals surface area contributed by atoms with Crippen LogP contribution >= 0.6 is 0 Å². The number of carbonyl (C=O) groups is 3. The molecule has 0 aliphatic heterocycles. The maximum absolute atomic E-state index is 12.8. The van der Waals surface area contributed by atoms with Crippen LogP contribution in [0.2, 0.25) is 0 Å². The Morgan fingerprint density at radius 3 is 1.03 bits per heavy atom. The van der Waals surface area contributed by atoms with Gasteiger partial charge in [0, 0.05) is 19.3 Å². The van der Waals surface area contributed by atoms with Crippen molar-refractivity contribution in [3.05, 3.63) is 36.5 Å². The smallest absolute Gasteiger partial charge is 0.306 e. The molecule has 0 fully saturated rings. The number of esters is 3. The van der Waals surface area contributed by atoms with Crippen LogP contribution in [0.4, 0.5) is 0 Å². The lowest BCUT2D eigenvalue weighted by Gasteiger charge is -2.18. The van der Waals surface area contributed by atoms with E-state index < -0.39 is 6.10 Å². The zero-order valence-electron chi connectivity index (χ0n) is 39.3. The average molecular weight is 829 g/mol. The monoisotopic (exact) mass is 829 g/mol. The van der Waals surface area contributed by atoms with Gasteiger partial charge in [0.1, 0.15) is 13.2 Å². The van der Waals surface area contributed by atoms with Gasteiger partial charge in [-0.05, 0) is 51.4 Å². The molecule has 6 nitrogen and oxygen atoms in total. The van der Waals surface area contributed by atoms with Crippen molar-refractivity contribution < 1.29 is 28.6 Å². The summed E-state index contributed by atoms with van der Waals surface area (Å²) in [5, 5.41) is 0. The molecule has 0 saturated heterocycles. The van der Waals surface area contributed by atoms with Crippen LogP contribution in [-0.4, -0.2) is 37.2 Å². The SMILES string of the molecule is CC/C=C\C/C=C\C/C=C\CCCCCCCCCC(=O)OCC(COC(=O)CCCCCCCCCCCC)OC(=O)CCCCCCCCCCCCCCCC. The third kappa shape index (κ3) is 46.5. The van der Waals surface area contributed by atoms with Gasteiger partial charge < -0.3 is 14.2 Å². The van der Waals surface area contributed by atoms with Gasteiger partial charge in [-0.15, -0.1) is 0 Å². The van der Waals surface area contributed by atoms with E-state index in [0.717, 1.165) is 83.5 Å². The van der Waals surface area contributed by atoms with Crippen LogP contribution < -0.4 is 0 Å². The minimum atomic E-state index is -0.769. The number of hydrogen-bond donors (Lipinski definition) is 0. The zero-order chi connectivity index (χ0) is 43.0. The van der Waals surface area contributed by atoms with Crippen molar-refractivity contribution in [2.45, 2.75) is 271 Å². The Morgan fingerprint density at radius 1 is 0.356 bits per heavy atom. The summed E-state index contributed by atoms with van der Waals surface area (Å²) in [6, 6.07) is 0. The Bertz CT molecular complexity index is 1000. The van der Waals surface area contributed by atoms with E-state index in [9.17, 15) is 14.4 Å². The molecule has 0 rings (SSSR count). The molecule has 59 heavy (non-hydrogen) atoms. The van der Waals surface area contributed by atoms with Gasteiger partial charge in [0.15, 0.2) is 6.10 Å². The van der Waals surface area contributed by atoms with Gasteiger partial charge in [-0.3, -0.25) is 14.4 Å². The summed E-state index contributed by atoms with van der Waals surface area (Å²) < 4.78 is 16.8. The largest absolute Gasteiger partial charge is 0.462 e. The van der Waals surface area contributed by atoms with Crippen molar-refractivity contribution in [2.24, 2.45) is 0 Å². The quantitative estimate of drug-likeness (QED) is 0.0263. The van der Waals surface area contributed by atoms with Gasteiger partial charge in [-0.1, -0.05) is 231 Å². The maximum atomic E-state index is 12.8. The lowest BCUT2D eigenvalue weighted by Crippen LogP contribution is -2.30. The normalized spacial score (nSPS) is 12.3. The Balaban J connectivity index is 4.33. The van der Waals surface area contributed by atoms with Crippen LogP contribution in [0.5, 0.6) is 0 Å². The van der Waals surface area contributed by atoms with E-state index in [1.165, 1.54) is 141 Å². The van der Waals surface area contributed by atoms with E-state index in [1.807, 2.05) is 0 Å². The summed E-state index contributed by atoms with van der Waals surface area (Å²) in [4.78, 5) is 37.9. The number of carbonyl (C=O) groups excluding carboxylic acids is 3. The van der Waals surface area contributed by atoms with E-state index in [-0.39, 0.29) is 31.1 Å². The lowest BCUT2D eigenvalue weighted by molar-refractivity contribution is -0.167. The summed E-state index contributed by atoms with van der Waals surface area (Å²) in [6.45, 7) is 6.53. The molecule has 0 aromatic heterocycles. The molecule has 344 valence electrons. The van der Waals surface area contributed by atoms with Crippen molar-refractivity contribution in [2.75, 3.05) is 13.2 Å². The highest BCUT2D eigenvalue weighted by Gasteiger charge is 2.19. The van der Waals surface area contributed by atoms with E-state index >= 15 is 0 Å². The second kappa shape index (κ2) is 48.3. The first kappa shape index (κ1) is 56.6. The van der Waals surface area contributed by atoms with Crippen molar-refractivity contribution >= 4 is 17.9 Å². The molecule has 0 aliphatic carbocycles. The topological polar surface area (TPSA) is 78.9 Å². The fourth-order valence-corrected chi connectivity index (χ4v) is 7.34. The van der Waals surface area contributed by atoms with Gasteiger partial charge in [0.25, 0.3) is 0 Å². The van der Waals surface area contributed by atoms with Crippen molar-refractivity contribution in [1.82, 2.24) is 0 Å². The fraction of sp³-hybridized carbons (Fsp3) is 0.830. The molecule has 0 heterocycles. The molecule has 0 N–H and O–H groups in total. The maximum Gasteiger partial charge on any atom is 0.306 e. The number of rotatable bonds is 46. The molecule has 0 saturated carbocycles. The molecular weight excluding hydrogens is 733 g/mol. The molecule has 0 aliphatic rings. The molecule has 0 amide bonds. The van der Waals surface area contributed by atoms with Crippen molar-refractivity contribution in [1.29, 1.82) is 0 Å². The van der Waals surface area contributed by atoms with Crippen LogP contribution in [0.1, 0.15) is 265 Å². The summed E-state index contributed by atoms with van der Waals surface area (Å²) >= 11 is 0. The first-order valence-corrected chi connectivity index (χ1v) is 25.5. The van der Waals surface area contributed by atoms with Crippen LogP contribution in [0.3, 0.4) is 0 Å². The first-order chi connectivity index (χ1) is 29.0. The fourth-order valence-electron chi connectivity index (χ4n) is 7.34. The molecule has 0 aromatic rings. The average Bonchev–Trinajstić information content (AvgIpc) is 3.23. The third-order valence-corrected chi connectivity index (χ3v) is 11.2. The van der Waals surface area contributed by atoms with Gasteiger partial charge in [-0.25, -0.2) is 0 Å². The van der Waals surface area contributed by atoms with Crippen LogP contribution in [0.25, 0.3) is 0 Å². The minimum absolute atomic E-state index is 0.0713. The zero-order valence-corrected chi connectivity index (χ0v) is 39.3. The van der Waals surface area contributed by atoms with Crippen molar-refractivity contribution in [3.63, 3.8) is 0 Å². The number of unbranched alkanes of at least 4 members (excludes halogenated alkanes) is 29. The highest BCUT2D eigenvalue weighted by molar-refractivity contribution is 5.71. The second-order valence-corrected chi connectivity index (χ2v) is 17.1. The predicted octanol–water partition coefficient (Wildman–Crippen LogP) is 16.5. The van der Waals surface area contributed by atoms with Gasteiger partial charge in [0.2, 0.25) is 0 Å². The molecule has 1 atom stereocenters. The summed E-state index contributed by atoms with van der Waals surface area (Å²) in [6.07, 6.45) is 55.5. The van der Waals surface area contributed by atoms with Crippen LogP contribution in [-0.2, 0) is 28.6 Å². The molecule has 6 heteroatoms. The second-order valence-electron chi connectivity index (χ2n) is 17.1. The van der Waals surface area contributed by atoms with Gasteiger partial charge in [0.05, 0.1) is 0 Å². The third-order valence-electron chi connectivity index (χ3n) is 11.2. The molecule has 0 bridgehead atoms. The Morgan fingerprint density at radius 2 is 0.661 bits per heavy atom. The van der Waals surface area contributed by atoms with Crippen molar-refractivity contribution in [3.8, 4) is 0 Å². The molecule has 0 aromatic carbocycles. The molecule has 1 unspecified atom stereocenters. The van der Waals surface area contributed by atoms with E-state index in [2.05, 4.69) is 57.2 Å². The highest BCUT2D eigenvalue weighted by atomic mass is 16.6. The first-order valence-electron chi connectivity index (χ1n) is 25.5. The molecule has 0 radical (unpaired) electrons. The number of hydrogen-bond acceptors (Lipinski definition) is 6. The molecular formula is C53H96O6. The van der Waals surface area contributed by atoms with E-state index in [0.29, 0.717) is 19.3 Å². The van der Waals surface area contributed by atoms with Crippen LogP contribution in [0.15, 0.2) is 36.5 Å². The number of allylic oxidation sites excluding steroid dienone is 6. The standard InChI is InChI=1S/C53H96O6/c1-4-7-10-13-16-19-22-24-26-27-28-30-31-34-37-40-43-46-52(55)58-49-50(48-57-51(54)45-42-39-36-33-21-18-15-12-9-6-3)59-53(56)47-44-41-38-35-32-29-25-23-20-17-14-11-8-5-2/h7,10,16,19,24,26,50H,4-6,8-9,11-15,17-18,20-23,25,27-49H2,1-3H3/b10-7-,19-16-,26-24-. The Hall–Kier alpha value is -2.37. The highest BCUT2D eigenvalue weighted by Crippen LogP contribution is 2.16. The lowest BCUT2D eigenvalue weighted by atomic mass is 10.0. The van der Waals surface area contributed by atoms with E-state index in [4.69, 9.17) is 14.2 Å². The minimum Gasteiger partial charge on any atom is -0.462 e. The Labute approximate surface area is 365 Å². The summed E-state index contributed by atoms with van der Waals surface area (Å²) in [5.74, 6) is -0.872. The summed E-state index contributed by atoms with van der Waals surface area (Å²) in [7, 11) is 0. The van der Waals surface area contributed by atoms with Gasteiger partial charge >= 0.3 is 17.9 Å². The number of ether oxygens (including phenoxy) is 3. The summed E-state index contributed by atoms with van der Waals surface area (Å²) in [5.41, 5.74) is 0. The van der Waals surface area contributed by atoms with E-state index in [1.54, 1.807) is 0 Å². The van der Waals surface area contributed by atoms with Crippen LogP contribution in [0, 0.1) is 0 Å². The predicted molar refractivity (Wildman–Crippen MR) is 252 cm³/mol. The molecule has 0 spiro atoms. The Kier molecular flexibility index (Phi) is 46.4.